The lowest BCUT2D eigenvalue weighted by molar-refractivity contribution is 0.250. The molecule has 0 saturated heterocycles. The summed E-state index contributed by atoms with van der Waals surface area (Å²) in [5.74, 6) is -0.363. The van der Waals surface area contributed by atoms with Gasteiger partial charge in [0.1, 0.15) is 0 Å². The van der Waals surface area contributed by atoms with E-state index in [1.54, 1.807) is 0 Å². The van der Waals surface area contributed by atoms with Crippen LogP contribution in [0.2, 0.25) is 0 Å². The highest BCUT2D eigenvalue weighted by Gasteiger charge is 2.18. The fourth-order valence-corrected chi connectivity index (χ4v) is 2.23. The van der Waals surface area contributed by atoms with Gasteiger partial charge in [-0.1, -0.05) is 12.1 Å². The molecule has 1 rings (SSSR count). The Hall–Kier alpha value is -1.56. The highest BCUT2D eigenvalue weighted by atomic mass is 79.9. The number of benzene rings is 1. The molecule has 0 atom stereocenters. The molecule has 17 heavy (non-hydrogen) atoms. The Balaban J connectivity index is 3.09. The van der Waals surface area contributed by atoms with Gasteiger partial charge < -0.3 is 5.73 Å². The molecule has 2 amide bonds. The van der Waals surface area contributed by atoms with Crippen LogP contribution in [-0.4, -0.2) is 18.5 Å². The molecule has 0 fully saturated rings. The molecule has 4 N–H and O–H groups in total. The van der Waals surface area contributed by atoms with E-state index in [0.29, 0.717) is 6.54 Å². The summed E-state index contributed by atoms with van der Waals surface area (Å²) in [5, 5.41) is 9.34. The van der Waals surface area contributed by atoms with E-state index in [4.69, 9.17) is 11.1 Å². The normalized spacial score (nSPS) is 9.82. The number of carbonyl (C=O) groups excluding carboxylic acids is 1. The first-order valence-corrected chi connectivity index (χ1v) is 5.94. The SMILES string of the molecule is CCN(C(=O)NC(=N)N)c1c(C)cccc1Br. The van der Waals surface area contributed by atoms with E-state index in [1.807, 2.05) is 32.0 Å². The zero-order chi connectivity index (χ0) is 13.0. The third kappa shape index (κ3) is 3.20. The molecule has 0 aliphatic rings. The standard InChI is InChI=1S/C11H15BrN4O/c1-3-16(11(17)15-10(13)14)9-7(2)5-4-6-8(9)12/h4-6H,3H2,1-2H3,(H4,13,14,15,17). The number of rotatable bonds is 2. The Labute approximate surface area is 109 Å². The summed E-state index contributed by atoms with van der Waals surface area (Å²) in [6, 6.07) is 5.28. The maximum absolute atomic E-state index is 11.9. The number of para-hydroxylation sites is 1. The van der Waals surface area contributed by atoms with Crippen LogP contribution in [-0.2, 0) is 0 Å². The van der Waals surface area contributed by atoms with Gasteiger partial charge in [0.15, 0.2) is 5.96 Å². The first-order valence-electron chi connectivity index (χ1n) is 5.15. The van der Waals surface area contributed by atoms with Crippen LogP contribution in [0, 0.1) is 12.3 Å². The molecule has 0 spiro atoms. The second-order valence-electron chi connectivity index (χ2n) is 3.49. The summed E-state index contributed by atoms with van der Waals surface area (Å²) < 4.78 is 0.832. The summed E-state index contributed by atoms with van der Waals surface area (Å²) >= 11 is 3.42. The monoisotopic (exact) mass is 298 g/mol. The van der Waals surface area contributed by atoms with Crippen molar-refractivity contribution >= 4 is 33.6 Å². The van der Waals surface area contributed by atoms with Crippen molar-refractivity contribution < 1.29 is 4.79 Å². The molecule has 6 heteroatoms. The minimum Gasteiger partial charge on any atom is -0.370 e. The fraction of sp³-hybridized carbons (Fsp3) is 0.273. The Morgan fingerprint density at radius 1 is 1.59 bits per heavy atom. The number of nitrogens with two attached hydrogens (primary N) is 1. The number of nitrogens with one attached hydrogen (secondary N) is 2. The van der Waals surface area contributed by atoms with Crippen molar-refractivity contribution in [1.82, 2.24) is 5.32 Å². The third-order valence-electron chi connectivity index (χ3n) is 2.26. The molecule has 92 valence electrons. The summed E-state index contributed by atoms with van der Waals surface area (Å²) in [7, 11) is 0. The van der Waals surface area contributed by atoms with Crippen molar-refractivity contribution in [3.8, 4) is 0 Å². The van der Waals surface area contributed by atoms with Crippen LogP contribution in [0.15, 0.2) is 22.7 Å². The molecule has 0 saturated carbocycles. The van der Waals surface area contributed by atoms with Gasteiger partial charge in [-0.25, -0.2) is 4.79 Å². The number of amides is 2. The third-order valence-corrected chi connectivity index (χ3v) is 2.90. The van der Waals surface area contributed by atoms with Crippen LogP contribution in [0.5, 0.6) is 0 Å². The smallest absolute Gasteiger partial charge is 0.328 e. The number of urea groups is 1. The Morgan fingerprint density at radius 2 is 2.24 bits per heavy atom. The van der Waals surface area contributed by atoms with Gasteiger partial charge in [-0.2, -0.15) is 0 Å². The van der Waals surface area contributed by atoms with Crippen molar-refractivity contribution in [3.63, 3.8) is 0 Å². The fourth-order valence-electron chi connectivity index (χ4n) is 1.55. The van der Waals surface area contributed by atoms with Gasteiger partial charge in [0, 0.05) is 11.0 Å². The number of carbonyl (C=O) groups is 1. The first-order chi connectivity index (χ1) is 7.97. The van der Waals surface area contributed by atoms with Crippen molar-refractivity contribution in [3.05, 3.63) is 28.2 Å². The topological polar surface area (TPSA) is 82.2 Å². The zero-order valence-electron chi connectivity index (χ0n) is 9.75. The van der Waals surface area contributed by atoms with Crippen LogP contribution in [0.4, 0.5) is 10.5 Å². The summed E-state index contributed by atoms with van der Waals surface area (Å²) in [6.07, 6.45) is 0. The molecular formula is C11H15BrN4O. The second kappa shape index (κ2) is 5.67. The molecule has 0 unspecified atom stereocenters. The van der Waals surface area contributed by atoms with E-state index in [1.165, 1.54) is 4.90 Å². The van der Waals surface area contributed by atoms with Crippen molar-refractivity contribution in [1.29, 1.82) is 5.41 Å². The largest absolute Gasteiger partial charge is 0.370 e. The average Bonchev–Trinajstić information content (AvgIpc) is 2.22. The maximum Gasteiger partial charge on any atom is 0.328 e. The zero-order valence-corrected chi connectivity index (χ0v) is 11.3. The predicted molar refractivity (Wildman–Crippen MR) is 72.3 cm³/mol. The van der Waals surface area contributed by atoms with E-state index < -0.39 is 6.03 Å². The lowest BCUT2D eigenvalue weighted by atomic mass is 10.2. The van der Waals surface area contributed by atoms with E-state index in [0.717, 1.165) is 15.7 Å². The lowest BCUT2D eigenvalue weighted by Crippen LogP contribution is -2.45. The molecule has 1 aromatic rings. The predicted octanol–water partition coefficient (Wildman–Crippen LogP) is 2.19. The first kappa shape index (κ1) is 13.5. The van der Waals surface area contributed by atoms with Gasteiger partial charge in [0.25, 0.3) is 0 Å². The minimum absolute atomic E-state index is 0.363. The van der Waals surface area contributed by atoms with Gasteiger partial charge in [-0.15, -0.1) is 0 Å². The number of hydrogen-bond donors (Lipinski definition) is 3. The molecule has 1 aromatic carbocycles. The van der Waals surface area contributed by atoms with Crippen molar-refractivity contribution in [2.24, 2.45) is 5.73 Å². The van der Waals surface area contributed by atoms with Crippen LogP contribution in [0.1, 0.15) is 12.5 Å². The molecule has 0 aromatic heterocycles. The van der Waals surface area contributed by atoms with Crippen molar-refractivity contribution in [2.45, 2.75) is 13.8 Å². The summed E-state index contributed by atoms with van der Waals surface area (Å²) in [5.41, 5.74) is 6.91. The quantitative estimate of drug-likeness (QED) is 0.578. The van der Waals surface area contributed by atoms with Gasteiger partial charge >= 0.3 is 6.03 Å². The van der Waals surface area contributed by atoms with Crippen LogP contribution in [0.25, 0.3) is 0 Å². The maximum atomic E-state index is 11.9. The number of hydrogen-bond acceptors (Lipinski definition) is 2. The molecule has 0 heterocycles. The number of halogens is 1. The number of guanidine groups is 1. The molecular weight excluding hydrogens is 284 g/mol. The lowest BCUT2D eigenvalue weighted by Gasteiger charge is -2.24. The molecule has 0 bridgehead atoms. The molecule has 0 radical (unpaired) electrons. The summed E-state index contributed by atoms with van der Waals surface area (Å²) in [4.78, 5) is 13.4. The molecule has 0 aliphatic carbocycles. The number of nitrogens with zero attached hydrogens (tertiary/aromatic N) is 1. The van der Waals surface area contributed by atoms with Crippen LogP contribution < -0.4 is 16.0 Å². The van der Waals surface area contributed by atoms with E-state index in [9.17, 15) is 4.79 Å². The van der Waals surface area contributed by atoms with Gasteiger partial charge in [-0.3, -0.25) is 15.6 Å². The van der Waals surface area contributed by atoms with Crippen LogP contribution >= 0.6 is 15.9 Å². The Morgan fingerprint density at radius 3 is 2.71 bits per heavy atom. The average molecular weight is 299 g/mol. The molecule has 0 aliphatic heterocycles. The Bertz CT molecular complexity index is 427. The van der Waals surface area contributed by atoms with Crippen LogP contribution in [0.3, 0.4) is 0 Å². The van der Waals surface area contributed by atoms with Crippen molar-refractivity contribution in [2.75, 3.05) is 11.4 Å². The number of aryl methyl sites for hydroxylation is 1. The van der Waals surface area contributed by atoms with E-state index >= 15 is 0 Å². The molecule has 5 nitrogen and oxygen atoms in total. The minimum atomic E-state index is -0.407. The highest BCUT2D eigenvalue weighted by molar-refractivity contribution is 9.10. The van der Waals surface area contributed by atoms with E-state index in [-0.39, 0.29) is 5.96 Å². The highest BCUT2D eigenvalue weighted by Crippen LogP contribution is 2.29. The summed E-state index contributed by atoms with van der Waals surface area (Å²) in [6.45, 7) is 4.27. The van der Waals surface area contributed by atoms with E-state index in [2.05, 4.69) is 21.2 Å². The van der Waals surface area contributed by atoms with Gasteiger partial charge in [0.05, 0.1) is 5.69 Å². The Kier molecular flexibility index (Phi) is 4.51. The van der Waals surface area contributed by atoms with Gasteiger partial charge in [-0.05, 0) is 41.4 Å². The second-order valence-corrected chi connectivity index (χ2v) is 4.35. The van der Waals surface area contributed by atoms with Gasteiger partial charge in [0.2, 0.25) is 0 Å². The number of anilines is 1.